The second kappa shape index (κ2) is 9.89. The molecule has 0 bridgehead atoms. The highest BCUT2D eigenvalue weighted by molar-refractivity contribution is 6.51. The molecule has 1 aromatic heterocycles. The quantitative estimate of drug-likeness (QED) is 0.304. The molecule has 37 heavy (non-hydrogen) atoms. The molecule has 5 nitrogen and oxygen atoms in total. The van der Waals surface area contributed by atoms with E-state index in [4.69, 9.17) is 19.6 Å². The van der Waals surface area contributed by atoms with Gasteiger partial charge in [0.1, 0.15) is 0 Å². The molecule has 0 saturated carbocycles. The van der Waals surface area contributed by atoms with Crippen molar-refractivity contribution in [1.29, 1.82) is 0 Å². The molecule has 0 fully saturated rings. The summed E-state index contributed by atoms with van der Waals surface area (Å²) < 4.78 is 6.20. The van der Waals surface area contributed by atoms with Crippen LogP contribution >= 0.6 is 0 Å². The molecule has 6 heteroatoms. The van der Waals surface area contributed by atoms with Crippen LogP contribution in [0.3, 0.4) is 0 Å². The molecule has 0 radical (unpaired) electrons. The largest absolute Gasteiger partial charge is 0.427 e. The molecular formula is C31H30BN3O2. The average molecular weight is 487 g/mol. The summed E-state index contributed by atoms with van der Waals surface area (Å²) in [5.74, 6) is 1.88. The van der Waals surface area contributed by atoms with Gasteiger partial charge < -0.3 is 9.76 Å². The molecule has 0 spiro atoms. The Morgan fingerprint density at radius 2 is 1.08 bits per heavy atom. The molecular weight excluding hydrogens is 457 g/mol. The Kier molecular flexibility index (Phi) is 6.63. The first kappa shape index (κ1) is 24.8. The van der Waals surface area contributed by atoms with Crippen molar-refractivity contribution in [3.63, 3.8) is 0 Å². The number of aliphatic hydroxyl groups is 1. The number of hydrogen-bond donors (Lipinski definition) is 1. The van der Waals surface area contributed by atoms with Gasteiger partial charge >= 0.3 is 7.48 Å². The monoisotopic (exact) mass is 487 g/mol. The van der Waals surface area contributed by atoms with E-state index in [-0.39, 0.29) is 0 Å². The zero-order valence-electron chi connectivity index (χ0n) is 21.6. The molecule has 0 amide bonds. The van der Waals surface area contributed by atoms with Crippen molar-refractivity contribution in [3.05, 3.63) is 97.1 Å². The molecule has 5 aromatic rings. The maximum Gasteiger partial charge on any atom is 0.310 e. The highest BCUT2D eigenvalue weighted by atomic mass is 16.5. The number of aromatic nitrogens is 3. The van der Waals surface area contributed by atoms with Crippen LogP contribution in [-0.4, -0.2) is 38.7 Å². The smallest absolute Gasteiger partial charge is 0.310 e. The lowest BCUT2D eigenvalue weighted by atomic mass is 9.79. The third kappa shape index (κ3) is 5.17. The van der Waals surface area contributed by atoms with Gasteiger partial charge in [0.15, 0.2) is 17.5 Å². The number of fused-ring (bicyclic) bond motifs is 1. The Balaban J connectivity index is 1.63. The fourth-order valence-corrected chi connectivity index (χ4v) is 4.05. The summed E-state index contributed by atoms with van der Waals surface area (Å²) in [5.41, 5.74) is 2.15. The van der Waals surface area contributed by atoms with E-state index in [0.29, 0.717) is 25.0 Å². The van der Waals surface area contributed by atoms with Crippen LogP contribution in [0.25, 0.3) is 44.9 Å². The predicted octanol–water partition coefficient (Wildman–Crippen LogP) is 5.57. The lowest BCUT2D eigenvalue weighted by Gasteiger charge is -2.37. The van der Waals surface area contributed by atoms with Gasteiger partial charge in [0.25, 0.3) is 0 Å². The molecule has 1 N–H and O–H groups in total. The van der Waals surface area contributed by atoms with Gasteiger partial charge in [-0.1, -0.05) is 97.1 Å². The van der Waals surface area contributed by atoms with Crippen LogP contribution in [-0.2, 0) is 4.65 Å². The van der Waals surface area contributed by atoms with Gasteiger partial charge in [0.05, 0.1) is 11.2 Å². The Bertz CT molecular complexity index is 1470. The van der Waals surface area contributed by atoms with E-state index in [1.54, 1.807) is 13.8 Å². The Morgan fingerprint density at radius 3 is 1.62 bits per heavy atom. The molecule has 0 unspecified atom stereocenters. The van der Waals surface area contributed by atoms with Gasteiger partial charge in [0, 0.05) is 16.7 Å². The number of rotatable bonds is 7. The minimum Gasteiger partial charge on any atom is -0.427 e. The molecule has 4 aromatic carbocycles. The second-order valence-corrected chi connectivity index (χ2v) is 10.2. The summed E-state index contributed by atoms with van der Waals surface area (Å²) in [6.07, 6.45) is 0. The van der Waals surface area contributed by atoms with E-state index in [1.807, 2.05) is 86.6 Å². The van der Waals surface area contributed by atoms with Gasteiger partial charge in [-0.25, -0.2) is 15.0 Å². The van der Waals surface area contributed by atoms with Crippen molar-refractivity contribution >= 4 is 23.7 Å². The van der Waals surface area contributed by atoms with Crippen molar-refractivity contribution in [2.24, 2.45) is 0 Å². The molecule has 1 heterocycles. The van der Waals surface area contributed by atoms with Crippen LogP contribution in [0.15, 0.2) is 97.1 Å². The maximum absolute atomic E-state index is 10.5. The molecule has 0 aliphatic carbocycles. The zero-order chi connectivity index (χ0) is 26.0. The minimum atomic E-state index is -0.977. The predicted molar refractivity (Wildman–Crippen MR) is 152 cm³/mol. The van der Waals surface area contributed by atoms with Gasteiger partial charge in [-0.3, -0.25) is 0 Å². The van der Waals surface area contributed by atoms with E-state index in [2.05, 4.69) is 24.3 Å². The van der Waals surface area contributed by atoms with Gasteiger partial charge in [-0.15, -0.1) is 0 Å². The minimum absolute atomic E-state index is 0.375. The topological polar surface area (TPSA) is 68.1 Å². The normalized spacial score (nSPS) is 12.0. The molecule has 0 aliphatic heterocycles. The van der Waals surface area contributed by atoms with Crippen molar-refractivity contribution in [2.75, 3.05) is 0 Å². The summed E-state index contributed by atoms with van der Waals surface area (Å²) >= 11 is 0. The maximum atomic E-state index is 10.5. The van der Waals surface area contributed by atoms with Crippen molar-refractivity contribution in [3.8, 4) is 34.2 Å². The van der Waals surface area contributed by atoms with Gasteiger partial charge in [0.2, 0.25) is 0 Å². The van der Waals surface area contributed by atoms with Crippen LogP contribution in [0.4, 0.5) is 0 Å². The van der Waals surface area contributed by atoms with E-state index < -0.39 is 11.2 Å². The van der Waals surface area contributed by atoms with Gasteiger partial charge in [-0.05, 0) is 43.9 Å². The highest BCUT2D eigenvalue weighted by Crippen LogP contribution is 2.30. The molecule has 5 rings (SSSR count). The fraction of sp³-hybridized carbons (Fsp3) is 0.194. The van der Waals surface area contributed by atoms with E-state index in [0.717, 1.165) is 32.9 Å². The third-order valence-electron chi connectivity index (χ3n) is 7.02. The van der Waals surface area contributed by atoms with Crippen LogP contribution < -0.4 is 5.46 Å². The van der Waals surface area contributed by atoms with Crippen molar-refractivity contribution in [2.45, 2.75) is 38.9 Å². The SMILES string of the molecule is CC(C)(O)C(C)(C)OBc1ccc(-c2nc(-c3ccccc3)nc(-c3ccccc3)n2)c2ccccc12. The van der Waals surface area contributed by atoms with Gasteiger partial charge in [-0.2, -0.15) is 0 Å². The molecule has 0 saturated heterocycles. The van der Waals surface area contributed by atoms with E-state index in [1.165, 1.54) is 0 Å². The van der Waals surface area contributed by atoms with E-state index in [9.17, 15) is 5.11 Å². The van der Waals surface area contributed by atoms with Crippen LogP contribution in [0.2, 0.25) is 0 Å². The number of nitrogens with zero attached hydrogens (tertiary/aromatic N) is 3. The Hall–Kier alpha value is -3.87. The van der Waals surface area contributed by atoms with Crippen molar-refractivity contribution < 1.29 is 9.76 Å². The fourth-order valence-electron chi connectivity index (χ4n) is 4.05. The number of hydrogen-bond acceptors (Lipinski definition) is 5. The first-order valence-electron chi connectivity index (χ1n) is 12.5. The first-order chi connectivity index (χ1) is 17.7. The Labute approximate surface area is 218 Å². The van der Waals surface area contributed by atoms with Crippen LogP contribution in [0.1, 0.15) is 27.7 Å². The standard InChI is InChI=1S/C31H30BN3O2/c1-30(2,36)31(3,4)37-32-26-20-19-25(23-17-11-12-18-24(23)26)29-34-27(21-13-7-5-8-14-21)33-28(35-29)22-15-9-6-10-16-22/h5-20,32,36H,1-4H3. The molecule has 0 atom stereocenters. The summed E-state index contributed by atoms with van der Waals surface area (Å²) in [7, 11) is 0.375. The Morgan fingerprint density at radius 1 is 0.595 bits per heavy atom. The van der Waals surface area contributed by atoms with Crippen molar-refractivity contribution in [1.82, 2.24) is 15.0 Å². The number of benzene rings is 4. The molecule has 184 valence electrons. The third-order valence-corrected chi connectivity index (χ3v) is 7.02. The lowest BCUT2D eigenvalue weighted by Crippen LogP contribution is -2.49. The second-order valence-electron chi connectivity index (χ2n) is 10.2. The highest BCUT2D eigenvalue weighted by Gasteiger charge is 2.35. The lowest BCUT2D eigenvalue weighted by molar-refractivity contribution is -0.0893. The van der Waals surface area contributed by atoms with Crippen LogP contribution in [0, 0.1) is 0 Å². The summed E-state index contributed by atoms with van der Waals surface area (Å²) in [4.78, 5) is 14.6. The zero-order valence-corrected chi connectivity index (χ0v) is 21.6. The summed E-state index contributed by atoms with van der Waals surface area (Å²) in [5, 5.41) is 12.6. The average Bonchev–Trinajstić information content (AvgIpc) is 2.92. The summed E-state index contributed by atoms with van der Waals surface area (Å²) in [6.45, 7) is 7.35. The van der Waals surface area contributed by atoms with Crippen LogP contribution in [0.5, 0.6) is 0 Å². The van der Waals surface area contributed by atoms with E-state index >= 15 is 0 Å². The molecule has 0 aliphatic rings. The first-order valence-corrected chi connectivity index (χ1v) is 12.5. The summed E-state index contributed by atoms with van der Waals surface area (Å²) in [6, 6.07) is 32.3.